The first-order valence-corrected chi connectivity index (χ1v) is 9.40. The largest absolute Gasteiger partial charge is 0.344 e. The van der Waals surface area contributed by atoms with Crippen molar-refractivity contribution < 1.29 is 24.0 Å². The minimum Gasteiger partial charge on any atom is -0.322 e. The van der Waals surface area contributed by atoms with Gasteiger partial charge in [-0.3, -0.25) is 24.7 Å². The minimum absolute atomic E-state index is 0.400. The van der Waals surface area contributed by atoms with Gasteiger partial charge in [-0.15, -0.1) is 0 Å². The minimum atomic E-state index is -0.959. The van der Waals surface area contributed by atoms with E-state index in [9.17, 15) is 24.0 Å². The first kappa shape index (κ1) is 17.7. The molecule has 0 bridgehead atoms. The normalized spacial score (nSPS) is 33.1. The van der Waals surface area contributed by atoms with Crippen molar-refractivity contribution in [1.82, 2.24) is 25.6 Å². The zero-order valence-electron chi connectivity index (χ0n) is 15.2. The second-order valence-corrected chi connectivity index (χ2v) is 7.93. The first-order valence-electron chi connectivity index (χ1n) is 9.40. The average molecular weight is 377 g/mol. The van der Waals surface area contributed by atoms with Gasteiger partial charge in [0, 0.05) is 6.54 Å². The number of fused-ring (bicyclic) bond motifs is 1. The fourth-order valence-electron chi connectivity index (χ4n) is 4.45. The number of hydrogen-bond donors (Lipinski definition) is 2. The Labute approximate surface area is 156 Å². The van der Waals surface area contributed by atoms with Gasteiger partial charge in [-0.05, 0) is 44.4 Å². The van der Waals surface area contributed by atoms with E-state index in [4.69, 9.17) is 0 Å². The van der Waals surface area contributed by atoms with Gasteiger partial charge in [0.2, 0.25) is 0 Å². The maximum absolute atomic E-state index is 12.7. The summed E-state index contributed by atoms with van der Waals surface area (Å²) in [4.78, 5) is 64.2. The van der Waals surface area contributed by atoms with E-state index >= 15 is 0 Å². The van der Waals surface area contributed by atoms with Crippen molar-refractivity contribution in [2.45, 2.75) is 57.0 Å². The molecule has 27 heavy (non-hydrogen) atoms. The molecule has 1 aliphatic carbocycles. The molecule has 4 aliphatic rings. The van der Waals surface area contributed by atoms with Crippen molar-refractivity contribution >= 4 is 29.8 Å². The van der Waals surface area contributed by atoms with Crippen LogP contribution in [0.4, 0.5) is 9.59 Å². The van der Waals surface area contributed by atoms with Crippen LogP contribution in [0.5, 0.6) is 0 Å². The molecule has 3 saturated heterocycles. The van der Waals surface area contributed by atoms with Crippen molar-refractivity contribution in [3.8, 4) is 0 Å². The van der Waals surface area contributed by atoms with Crippen LogP contribution in [0, 0.1) is 5.92 Å². The third-order valence-corrected chi connectivity index (χ3v) is 6.11. The molecule has 0 aromatic rings. The molecule has 10 nitrogen and oxygen atoms in total. The van der Waals surface area contributed by atoms with Gasteiger partial charge in [0.25, 0.3) is 17.7 Å². The predicted molar refractivity (Wildman–Crippen MR) is 90.7 cm³/mol. The number of hydrazine groups is 1. The SMILES string of the molecule is CC1CCC2(CC1)NC(=O)N(NC(=O)CN1C(=O)C3CCCN3C1=O)C2=O. The molecule has 1 spiro atoms. The monoisotopic (exact) mass is 377 g/mol. The van der Waals surface area contributed by atoms with Crippen molar-refractivity contribution in [3.63, 3.8) is 0 Å². The molecule has 1 saturated carbocycles. The summed E-state index contributed by atoms with van der Waals surface area (Å²) in [6.45, 7) is 2.09. The maximum atomic E-state index is 12.7. The summed E-state index contributed by atoms with van der Waals surface area (Å²) in [6.07, 6.45) is 4.07. The van der Waals surface area contributed by atoms with Crippen molar-refractivity contribution in [1.29, 1.82) is 0 Å². The van der Waals surface area contributed by atoms with Crippen LogP contribution >= 0.6 is 0 Å². The van der Waals surface area contributed by atoms with E-state index in [1.54, 1.807) is 0 Å². The van der Waals surface area contributed by atoms with E-state index in [0.29, 0.717) is 36.7 Å². The van der Waals surface area contributed by atoms with Crippen LogP contribution in [0.2, 0.25) is 0 Å². The van der Waals surface area contributed by atoms with Gasteiger partial charge in [-0.25, -0.2) is 9.59 Å². The molecule has 146 valence electrons. The summed E-state index contributed by atoms with van der Waals surface area (Å²) in [6, 6.07) is -1.66. The van der Waals surface area contributed by atoms with Gasteiger partial charge in [0.05, 0.1) is 0 Å². The summed E-state index contributed by atoms with van der Waals surface area (Å²) in [5.74, 6) is -1.14. The molecule has 0 aromatic carbocycles. The number of nitrogens with zero attached hydrogens (tertiary/aromatic N) is 3. The highest BCUT2D eigenvalue weighted by molar-refractivity contribution is 6.09. The summed E-state index contributed by atoms with van der Waals surface area (Å²) in [5.41, 5.74) is 1.30. The first-order chi connectivity index (χ1) is 12.8. The number of urea groups is 2. The van der Waals surface area contributed by atoms with Crippen LogP contribution in [0.3, 0.4) is 0 Å². The predicted octanol–water partition coefficient (Wildman–Crippen LogP) is -0.0551. The fourth-order valence-corrected chi connectivity index (χ4v) is 4.45. The molecule has 1 atom stereocenters. The smallest absolute Gasteiger partial charge is 0.322 e. The topological polar surface area (TPSA) is 119 Å². The molecule has 1 unspecified atom stereocenters. The molecule has 10 heteroatoms. The fraction of sp³-hybridized carbons (Fsp3) is 0.706. The molecule has 7 amide bonds. The standard InChI is InChI=1S/C17H23N5O5/c1-10-4-6-17(7-5-10)14(25)22(15(26)18-17)19-12(23)9-21-13(24)11-3-2-8-20(11)16(21)27/h10-11H,2-9H2,1H3,(H,18,26)(H,19,23). The van der Waals surface area contributed by atoms with Crippen molar-refractivity contribution in [3.05, 3.63) is 0 Å². The van der Waals surface area contributed by atoms with Gasteiger partial charge in [0.1, 0.15) is 18.1 Å². The summed E-state index contributed by atoms with van der Waals surface area (Å²) < 4.78 is 0. The summed E-state index contributed by atoms with van der Waals surface area (Å²) in [5, 5.41) is 3.39. The molecule has 2 N–H and O–H groups in total. The number of imide groups is 2. The summed E-state index contributed by atoms with van der Waals surface area (Å²) in [7, 11) is 0. The lowest BCUT2D eigenvalue weighted by Crippen LogP contribution is -2.53. The lowest BCUT2D eigenvalue weighted by Gasteiger charge is -2.33. The second-order valence-electron chi connectivity index (χ2n) is 7.93. The van der Waals surface area contributed by atoms with Crippen LogP contribution in [0.15, 0.2) is 0 Å². The van der Waals surface area contributed by atoms with Crippen LogP contribution in [0.1, 0.15) is 45.4 Å². The van der Waals surface area contributed by atoms with Crippen LogP contribution in [-0.2, 0) is 14.4 Å². The van der Waals surface area contributed by atoms with Crippen LogP contribution in [-0.4, -0.2) is 69.3 Å². The molecule has 3 heterocycles. The molecule has 0 aromatic heterocycles. The van der Waals surface area contributed by atoms with Crippen molar-refractivity contribution in [2.24, 2.45) is 5.92 Å². The van der Waals surface area contributed by atoms with Gasteiger partial charge in [-0.2, -0.15) is 5.01 Å². The summed E-state index contributed by atoms with van der Waals surface area (Å²) >= 11 is 0. The second kappa shape index (κ2) is 6.21. The van der Waals surface area contributed by atoms with Gasteiger partial charge < -0.3 is 10.2 Å². The Bertz CT molecular complexity index is 707. The maximum Gasteiger partial charge on any atom is 0.344 e. The van der Waals surface area contributed by atoms with Crippen LogP contribution < -0.4 is 10.7 Å². The Morgan fingerprint density at radius 3 is 2.56 bits per heavy atom. The molecule has 4 fully saturated rings. The Hall–Kier alpha value is -2.65. The Morgan fingerprint density at radius 2 is 1.89 bits per heavy atom. The average Bonchev–Trinajstić information content (AvgIpc) is 3.26. The van der Waals surface area contributed by atoms with E-state index in [-0.39, 0.29) is 0 Å². The zero-order valence-corrected chi connectivity index (χ0v) is 15.2. The molecule has 4 rings (SSSR count). The lowest BCUT2D eigenvalue weighted by atomic mass is 9.77. The zero-order chi connectivity index (χ0) is 19.3. The van der Waals surface area contributed by atoms with E-state index in [2.05, 4.69) is 17.7 Å². The quantitative estimate of drug-likeness (QED) is 0.668. The van der Waals surface area contributed by atoms with Crippen LogP contribution in [0.25, 0.3) is 0 Å². The highest BCUT2D eigenvalue weighted by atomic mass is 16.2. The van der Waals surface area contributed by atoms with Gasteiger partial charge in [-0.1, -0.05) is 6.92 Å². The lowest BCUT2D eigenvalue weighted by molar-refractivity contribution is -0.141. The van der Waals surface area contributed by atoms with Gasteiger partial charge >= 0.3 is 12.1 Å². The number of hydrogen-bond acceptors (Lipinski definition) is 5. The number of carbonyl (C=O) groups excluding carboxylic acids is 5. The Kier molecular flexibility index (Phi) is 4.08. The Morgan fingerprint density at radius 1 is 1.19 bits per heavy atom. The number of amides is 7. The number of rotatable bonds is 3. The van der Waals surface area contributed by atoms with Gasteiger partial charge in [0.15, 0.2) is 0 Å². The van der Waals surface area contributed by atoms with Crippen molar-refractivity contribution in [2.75, 3.05) is 13.1 Å². The van der Waals surface area contributed by atoms with E-state index in [0.717, 1.165) is 24.2 Å². The third kappa shape index (κ3) is 2.74. The van der Waals surface area contributed by atoms with E-state index in [1.807, 2.05) is 0 Å². The van der Waals surface area contributed by atoms with E-state index < -0.39 is 47.9 Å². The van der Waals surface area contributed by atoms with E-state index in [1.165, 1.54) is 4.90 Å². The molecule has 3 aliphatic heterocycles. The molecular formula is C17H23N5O5. The number of carbonyl (C=O) groups is 5. The third-order valence-electron chi connectivity index (χ3n) is 6.11. The molecular weight excluding hydrogens is 354 g/mol. The molecule has 0 radical (unpaired) electrons. The Balaban J connectivity index is 1.40. The highest BCUT2D eigenvalue weighted by Gasteiger charge is 2.53. The highest BCUT2D eigenvalue weighted by Crippen LogP contribution is 2.35. The number of nitrogens with one attached hydrogen (secondary N) is 2.